The Hall–Kier alpha value is -4.13. The lowest BCUT2D eigenvalue weighted by molar-refractivity contribution is -0.137. The van der Waals surface area contributed by atoms with Crippen LogP contribution in [0.1, 0.15) is 42.0 Å². The number of carbonyl (C=O) groups is 3. The van der Waals surface area contributed by atoms with Crippen LogP contribution in [0.3, 0.4) is 0 Å². The molecule has 3 aromatic carbocycles. The quantitative estimate of drug-likeness (QED) is 0.468. The molecule has 3 N–H and O–H groups in total. The number of amides is 2. The van der Waals surface area contributed by atoms with Crippen LogP contribution in [0.5, 0.6) is 0 Å². The van der Waals surface area contributed by atoms with E-state index >= 15 is 0 Å². The number of nitrogens with one attached hydrogen (secondary N) is 2. The third kappa shape index (κ3) is 5.09. The van der Waals surface area contributed by atoms with E-state index in [1.807, 2.05) is 36.4 Å². The molecule has 2 amide bonds. The Balaban J connectivity index is 1.46. The normalized spacial score (nSPS) is 13.8. The Morgan fingerprint density at radius 3 is 2.00 bits per heavy atom. The molecule has 1 aliphatic rings. The average Bonchev–Trinajstić information content (AvgIpc) is 3.15. The summed E-state index contributed by atoms with van der Waals surface area (Å²) >= 11 is 0. The molecule has 3 aromatic rings. The molecule has 4 rings (SSSR count). The topological polar surface area (TPSA) is 105 Å². The molecule has 0 aromatic heterocycles. The van der Waals surface area contributed by atoms with Crippen molar-refractivity contribution in [3.63, 3.8) is 0 Å². The zero-order valence-corrected chi connectivity index (χ0v) is 18.7. The van der Waals surface area contributed by atoms with E-state index in [1.165, 1.54) is 0 Å². The van der Waals surface area contributed by atoms with E-state index in [1.54, 1.807) is 37.3 Å². The fourth-order valence-electron chi connectivity index (χ4n) is 4.34. The summed E-state index contributed by atoms with van der Waals surface area (Å²) in [6, 6.07) is 23.2. The van der Waals surface area contributed by atoms with Crippen LogP contribution in [0.15, 0.2) is 78.9 Å². The summed E-state index contributed by atoms with van der Waals surface area (Å²) in [6.07, 6.45) is -0.949. The first-order chi connectivity index (χ1) is 16.4. The van der Waals surface area contributed by atoms with E-state index in [4.69, 9.17) is 9.84 Å². The van der Waals surface area contributed by atoms with Gasteiger partial charge in [-0.2, -0.15) is 0 Å². The minimum atomic E-state index is -1.02. The van der Waals surface area contributed by atoms with Gasteiger partial charge in [0, 0.05) is 12.0 Å². The number of ether oxygens (including phenoxy) is 1. The molecule has 1 aliphatic carbocycles. The van der Waals surface area contributed by atoms with Gasteiger partial charge < -0.3 is 20.5 Å². The van der Waals surface area contributed by atoms with Crippen molar-refractivity contribution in [3.05, 3.63) is 95.6 Å². The van der Waals surface area contributed by atoms with Gasteiger partial charge in [-0.15, -0.1) is 0 Å². The molecule has 0 radical (unpaired) electrons. The molecule has 0 heterocycles. The number of carbonyl (C=O) groups excluding carboxylic acids is 2. The van der Waals surface area contributed by atoms with E-state index < -0.39 is 30.1 Å². The van der Waals surface area contributed by atoms with Gasteiger partial charge >= 0.3 is 12.1 Å². The van der Waals surface area contributed by atoms with Gasteiger partial charge in [0.2, 0.25) is 5.91 Å². The van der Waals surface area contributed by atoms with Crippen LogP contribution in [-0.2, 0) is 14.3 Å². The summed E-state index contributed by atoms with van der Waals surface area (Å²) in [5.41, 5.74) is 5.01. The maximum absolute atomic E-state index is 12.9. The maximum atomic E-state index is 12.9. The number of rotatable bonds is 8. The third-order valence-electron chi connectivity index (χ3n) is 5.87. The molecule has 0 saturated heterocycles. The second-order valence-electron chi connectivity index (χ2n) is 8.32. The summed E-state index contributed by atoms with van der Waals surface area (Å²) in [4.78, 5) is 36.6. The standard InChI is InChI=1S/C27H26N2O5/c1-17(15-24(30)31)28-26(32)25(18-9-3-2-4-10-18)29-27(33)34-16-23-21-13-7-5-11-19(21)20-12-6-8-14-22(20)23/h2-14,17,23,25H,15-16H2,1H3,(H,28,32)(H,29,33)(H,30,31)/t17-,25-/m1/s1. The first kappa shape index (κ1) is 23.0. The number of hydrogen-bond donors (Lipinski definition) is 3. The summed E-state index contributed by atoms with van der Waals surface area (Å²) in [6.45, 7) is 1.72. The molecule has 0 aliphatic heterocycles. The number of carboxylic acids is 1. The Bertz CT molecular complexity index is 1150. The highest BCUT2D eigenvalue weighted by atomic mass is 16.5. The van der Waals surface area contributed by atoms with Gasteiger partial charge in [-0.3, -0.25) is 9.59 Å². The highest BCUT2D eigenvalue weighted by molar-refractivity contribution is 5.87. The van der Waals surface area contributed by atoms with Crippen LogP contribution in [0.2, 0.25) is 0 Å². The van der Waals surface area contributed by atoms with E-state index in [-0.39, 0.29) is 18.9 Å². The first-order valence-corrected chi connectivity index (χ1v) is 11.1. The first-order valence-electron chi connectivity index (χ1n) is 11.1. The SMILES string of the molecule is C[C@H](CC(=O)O)NC(=O)[C@H](NC(=O)OCC1c2ccccc2-c2ccccc21)c1ccccc1. The highest BCUT2D eigenvalue weighted by Crippen LogP contribution is 2.44. The molecule has 7 nitrogen and oxygen atoms in total. The summed E-state index contributed by atoms with van der Waals surface area (Å²) < 4.78 is 5.59. The van der Waals surface area contributed by atoms with Crippen LogP contribution in [0, 0.1) is 0 Å². The summed E-state index contributed by atoms with van der Waals surface area (Å²) in [7, 11) is 0. The molecule has 2 atom stereocenters. The van der Waals surface area contributed by atoms with Crippen molar-refractivity contribution in [3.8, 4) is 11.1 Å². The molecule has 7 heteroatoms. The van der Waals surface area contributed by atoms with Crippen molar-refractivity contribution < 1.29 is 24.2 Å². The zero-order chi connectivity index (χ0) is 24.1. The number of carboxylic acid groups (broad SMARTS) is 1. The van der Waals surface area contributed by atoms with Gasteiger partial charge in [0.25, 0.3) is 0 Å². The van der Waals surface area contributed by atoms with Crippen LogP contribution < -0.4 is 10.6 Å². The van der Waals surface area contributed by atoms with Crippen LogP contribution >= 0.6 is 0 Å². The molecular formula is C27H26N2O5. The zero-order valence-electron chi connectivity index (χ0n) is 18.7. The van der Waals surface area contributed by atoms with Gasteiger partial charge in [0.05, 0.1) is 6.42 Å². The van der Waals surface area contributed by atoms with E-state index in [0.717, 1.165) is 22.3 Å². The van der Waals surface area contributed by atoms with Gasteiger partial charge in [0.1, 0.15) is 12.6 Å². The van der Waals surface area contributed by atoms with Crippen molar-refractivity contribution in [2.24, 2.45) is 0 Å². The number of alkyl carbamates (subject to hydrolysis) is 1. The predicted octanol–water partition coefficient (Wildman–Crippen LogP) is 4.25. The Kier molecular flexibility index (Phi) is 6.92. The monoisotopic (exact) mass is 458 g/mol. The second-order valence-corrected chi connectivity index (χ2v) is 8.32. The lowest BCUT2D eigenvalue weighted by Crippen LogP contribution is -2.44. The molecule has 0 unspecified atom stereocenters. The third-order valence-corrected chi connectivity index (χ3v) is 5.87. The molecule has 0 spiro atoms. The minimum absolute atomic E-state index is 0.0993. The fourth-order valence-corrected chi connectivity index (χ4v) is 4.34. The van der Waals surface area contributed by atoms with Gasteiger partial charge in [-0.25, -0.2) is 4.79 Å². The molecule has 0 fully saturated rings. The molecule has 0 bridgehead atoms. The molecule has 174 valence electrons. The highest BCUT2D eigenvalue weighted by Gasteiger charge is 2.30. The average molecular weight is 459 g/mol. The molecule has 34 heavy (non-hydrogen) atoms. The maximum Gasteiger partial charge on any atom is 0.408 e. The number of fused-ring (bicyclic) bond motifs is 3. The van der Waals surface area contributed by atoms with Crippen molar-refractivity contribution in [1.29, 1.82) is 0 Å². The van der Waals surface area contributed by atoms with Crippen molar-refractivity contribution in [2.45, 2.75) is 31.3 Å². The fraction of sp³-hybridized carbons (Fsp3) is 0.222. The Morgan fingerprint density at radius 1 is 0.853 bits per heavy atom. The lowest BCUT2D eigenvalue weighted by atomic mass is 9.98. The van der Waals surface area contributed by atoms with E-state index in [9.17, 15) is 14.4 Å². The van der Waals surface area contributed by atoms with Crippen molar-refractivity contribution >= 4 is 18.0 Å². The minimum Gasteiger partial charge on any atom is -0.481 e. The van der Waals surface area contributed by atoms with Gasteiger partial charge in [-0.05, 0) is 34.7 Å². The van der Waals surface area contributed by atoms with Gasteiger partial charge in [0.15, 0.2) is 0 Å². The van der Waals surface area contributed by atoms with Crippen LogP contribution in [-0.4, -0.2) is 35.7 Å². The van der Waals surface area contributed by atoms with Gasteiger partial charge in [-0.1, -0.05) is 78.9 Å². The van der Waals surface area contributed by atoms with Crippen molar-refractivity contribution in [2.75, 3.05) is 6.61 Å². The largest absolute Gasteiger partial charge is 0.481 e. The number of hydrogen-bond acceptors (Lipinski definition) is 4. The number of aliphatic carboxylic acids is 1. The van der Waals surface area contributed by atoms with Crippen LogP contribution in [0.25, 0.3) is 11.1 Å². The van der Waals surface area contributed by atoms with Crippen molar-refractivity contribution in [1.82, 2.24) is 10.6 Å². The predicted molar refractivity (Wildman–Crippen MR) is 127 cm³/mol. The number of benzene rings is 3. The lowest BCUT2D eigenvalue weighted by Gasteiger charge is -2.22. The Labute approximate surface area is 197 Å². The summed E-state index contributed by atoms with van der Waals surface area (Å²) in [5, 5.41) is 14.3. The smallest absolute Gasteiger partial charge is 0.408 e. The summed E-state index contributed by atoms with van der Waals surface area (Å²) in [5.74, 6) is -1.63. The molecular weight excluding hydrogens is 432 g/mol. The Morgan fingerprint density at radius 2 is 1.41 bits per heavy atom. The van der Waals surface area contributed by atoms with E-state index in [0.29, 0.717) is 5.56 Å². The second kappa shape index (κ2) is 10.2. The molecule has 0 saturated carbocycles. The van der Waals surface area contributed by atoms with E-state index in [2.05, 4.69) is 22.8 Å². The van der Waals surface area contributed by atoms with Crippen LogP contribution in [0.4, 0.5) is 4.79 Å².